The monoisotopic (exact) mass is 243 g/mol. The molecule has 4 heteroatoms. The smallest absolute Gasteiger partial charge is 0.176 e. The van der Waals surface area contributed by atoms with Crippen molar-refractivity contribution in [1.29, 1.82) is 5.26 Å². The lowest BCUT2D eigenvalue weighted by Crippen LogP contribution is -2.44. The van der Waals surface area contributed by atoms with Crippen LogP contribution in [0.5, 0.6) is 0 Å². The summed E-state index contributed by atoms with van der Waals surface area (Å²) in [4.78, 5) is 14.2. The van der Waals surface area contributed by atoms with Gasteiger partial charge in [-0.15, -0.1) is 0 Å². The van der Waals surface area contributed by atoms with E-state index in [1.807, 2.05) is 6.07 Å². The van der Waals surface area contributed by atoms with E-state index in [0.717, 1.165) is 25.9 Å². The molecule has 1 aliphatic heterocycles. The summed E-state index contributed by atoms with van der Waals surface area (Å²) in [5, 5.41) is 8.70. The first kappa shape index (κ1) is 12.7. The van der Waals surface area contributed by atoms with Gasteiger partial charge in [0.25, 0.3) is 0 Å². The summed E-state index contributed by atoms with van der Waals surface area (Å²) in [7, 11) is 0. The maximum Gasteiger partial charge on any atom is 0.176 e. The van der Waals surface area contributed by atoms with Gasteiger partial charge in [-0.05, 0) is 31.5 Å². The lowest BCUT2D eigenvalue weighted by Gasteiger charge is -2.29. The summed E-state index contributed by atoms with van der Waals surface area (Å²) in [6.45, 7) is 2.15. The molecular formula is C14H17N3O. The Morgan fingerprint density at radius 1 is 1.44 bits per heavy atom. The molecular weight excluding hydrogens is 226 g/mol. The van der Waals surface area contributed by atoms with Crippen LogP contribution in [0.4, 0.5) is 0 Å². The molecule has 2 N–H and O–H groups in total. The Morgan fingerprint density at radius 2 is 2.17 bits per heavy atom. The van der Waals surface area contributed by atoms with Crippen molar-refractivity contribution < 1.29 is 4.79 Å². The minimum atomic E-state index is 0.0913. The molecule has 1 heterocycles. The van der Waals surface area contributed by atoms with E-state index < -0.39 is 0 Å². The highest BCUT2D eigenvalue weighted by molar-refractivity contribution is 5.97. The van der Waals surface area contributed by atoms with Crippen molar-refractivity contribution in [3.8, 4) is 6.07 Å². The molecule has 1 saturated heterocycles. The summed E-state index contributed by atoms with van der Waals surface area (Å²) in [5.74, 6) is 0.0913. The summed E-state index contributed by atoms with van der Waals surface area (Å²) in [5.41, 5.74) is 7.12. The fourth-order valence-corrected chi connectivity index (χ4v) is 2.26. The number of nitrogens with two attached hydrogens (primary N) is 1. The second-order valence-electron chi connectivity index (χ2n) is 4.75. The molecule has 1 atom stereocenters. The highest BCUT2D eigenvalue weighted by Crippen LogP contribution is 2.10. The molecule has 0 aliphatic carbocycles. The Labute approximate surface area is 107 Å². The predicted octanol–water partition coefficient (Wildman–Crippen LogP) is 1.16. The Balaban J connectivity index is 1.96. The minimum Gasteiger partial charge on any atom is -0.327 e. The van der Waals surface area contributed by atoms with Crippen molar-refractivity contribution in [2.24, 2.45) is 5.73 Å². The molecule has 18 heavy (non-hydrogen) atoms. The van der Waals surface area contributed by atoms with Gasteiger partial charge in [-0.3, -0.25) is 9.69 Å². The topological polar surface area (TPSA) is 70.1 Å². The first-order chi connectivity index (χ1) is 8.69. The molecule has 0 bridgehead atoms. The molecule has 0 spiro atoms. The highest BCUT2D eigenvalue weighted by atomic mass is 16.1. The highest BCUT2D eigenvalue weighted by Gasteiger charge is 2.19. The van der Waals surface area contributed by atoms with Crippen LogP contribution in [0.1, 0.15) is 28.8 Å². The summed E-state index contributed by atoms with van der Waals surface area (Å²) < 4.78 is 0. The van der Waals surface area contributed by atoms with Gasteiger partial charge in [-0.2, -0.15) is 5.26 Å². The normalized spacial score (nSPS) is 20.3. The van der Waals surface area contributed by atoms with Gasteiger partial charge in [0.2, 0.25) is 0 Å². The van der Waals surface area contributed by atoms with Crippen LogP contribution in [0.3, 0.4) is 0 Å². The number of carbonyl (C=O) groups excluding carboxylic acids is 1. The maximum absolute atomic E-state index is 12.1. The zero-order valence-electron chi connectivity index (χ0n) is 10.3. The third-order valence-corrected chi connectivity index (χ3v) is 3.25. The van der Waals surface area contributed by atoms with Crippen molar-refractivity contribution in [3.05, 3.63) is 35.4 Å². The van der Waals surface area contributed by atoms with E-state index in [0.29, 0.717) is 17.7 Å². The standard InChI is InChI=1S/C14H17N3O/c15-8-11-3-5-12(6-4-11)14(18)10-17-7-1-2-13(16)9-17/h3-6,13H,1-2,7,9-10,16H2. The van der Waals surface area contributed by atoms with Crippen LogP contribution in [-0.2, 0) is 0 Å². The van der Waals surface area contributed by atoms with Gasteiger partial charge in [0, 0.05) is 18.2 Å². The van der Waals surface area contributed by atoms with E-state index in [2.05, 4.69) is 4.90 Å². The van der Waals surface area contributed by atoms with E-state index in [1.165, 1.54) is 0 Å². The Bertz CT molecular complexity index is 461. The molecule has 0 aromatic heterocycles. The van der Waals surface area contributed by atoms with Gasteiger partial charge in [-0.1, -0.05) is 12.1 Å². The average Bonchev–Trinajstić information content (AvgIpc) is 2.39. The molecule has 94 valence electrons. The number of hydrogen-bond acceptors (Lipinski definition) is 4. The van der Waals surface area contributed by atoms with Gasteiger partial charge in [0.05, 0.1) is 18.2 Å². The van der Waals surface area contributed by atoms with E-state index in [-0.39, 0.29) is 11.8 Å². The molecule has 1 aromatic carbocycles. The number of carbonyl (C=O) groups is 1. The largest absolute Gasteiger partial charge is 0.327 e. The zero-order valence-corrected chi connectivity index (χ0v) is 10.3. The van der Waals surface area contributed by atoms with Crippen LogP contribution >= 0.6 is 0 Å². The minimum absolute atomic E-state index is 0.0913. The molecule has 1 aliphatic rings. The average molecular weight is 243 g/mol. The van der Waals surface area contributed by atoms with Crippen LogP contribution in [0.25, 0.3) is 0 Å². The summed E-state index contributed by atoms with van der Waals surface area (Å²) in [6.07, 6.45) is 2.10. The Kier molecular flexibility index (Phi) is 4.08. The summed E-state index contributed by atoms with van der Waals surface area (Å²) in [6, 6.07) is 9.01. The van der Waals surface area contributed by atoms with E-state index in [1.54, 1.807) is 24.3 Å². The molecule has 1 aromatic rings. The lowest BCUT2D eigenvalue weighted by molar-refractivity contribution is 0.0908. The fraction of sp³-hybridized carbons (Fsp3) is 0.429. The van der Waals surface area contributed by atoms with Crippen molar-refractivity contribution in [1.82, 2.24) is 4.90 Å². The molecule has 4 nitrogen and oxygen atoms in total. The number of hydrogen-bond donors (Lipinski definition) is 1. The predicted molar refractivity (Wildman–Crippen MR) is 69.1 cm³/mol. The van der Waals surface area contributed by atoms with Gasteiger partial charge < -0.3 is 5.73 Å². The summed E-state index contributed by atoms with van der Waals surface area (Å²) >= 11 is 0. The SMILES string of the molecule is N#Cc1ccc(C(=O)CN2CCCC(N)C2)cc1. The molecule has 1 fully saturated rings. The number of nitriles is 1. The number of benzene rings is 1. The fourth-order valence-electron chi connectivity index (χ4n) is 2.26. The molecule has 1 unspecified atom stereocenters. The molecule has 0 amide bonds. The van der Waals surface area contributed by atoms with Crippen LogP contribution in [0.15, 0.2) is 24.3 Å². The lowest BCUT2D eigenvalue weighted by atomic mass is 10.0. The van der Waals surface area contributed by atoms with Gasteiger partial charge in [-0.25, -0.2) is 0 Å². The zero-order chi connectivity index (χ0) is 13.0. The number of likely N-dealkylation sites (tertiary alicyclic amines) is 1. The second kappa shape index (κ2) is 5.76. The van der Waals surface area contributed by atoms with Crippen molar-refractivity contribution in [2.45, 2.75) is 18.9 Å². The quantitative estimate of drug-likeness (QED) is 0.809. The third kappa shape index (κ3) is 3.16. The number of ketones is 1. The Hall–Kier alpha value is -1.70. The number of nitrogens with zero attached hydrogens (tertiary/aromatic N) is 2. The number of Topliss-reactive ketones (excluding diaryl/α,β-unsaturated/α-hetero) is 1. The number of rotatable bonds is 3. The Morgan fingerprint density at radius 3 is 2.78 bits per heavy atom. The van der Waals surface area contributed by atoms with Crippen molar-refractivity contribution in [2.75, 3.05) is 19.6 Å². The van der Waals surface area contributed by atoms with Crippen LogP contribution in [0, 0.1) is 11.3 Å². The molecule has 0 saturated carbocycles. The second-order valence-corrected chi connectivity index (χ2v) is 4.75. The van der Waals surface area contributed by atoms with E-state index in [4.69, 9.17) is 11.0 Å². The molecule has 2 rings (SSSR count). The van der Waals surface area contributed by atoms with Gasteiger partial charge in [0.15, 0.2) is 5.78 Å². The van der Waals surface area contributed by atoms with Crippen molar-refractivity contribution in [3.63, 3.8) is 0 Å². The van der Waals surface area contributed by atoms with Crippen LogP contribution in [0.2, 0.25) is 0 Å². The van der Waals surface area contributed by atoms with E-state index in [9.17, 15) is 4.79 Å². The third-order valence-electron chi connectivity index (χ3n) is 3.25. The first-order valence-corrected chi connectivity index (χ1v) is 6.20. The van der Waals surface area contributed by atoms with E-state index >= 15 is 0 Å². The maximum atomic E-state index is 12.1. The number of piperidine rings is 1. The molecule has 0 radical (unpaired) electrons. The van der Waals surface area contributed by atoms with Gasteiger partial charge >= 0.3 is 0 Å². The van der Waals surface area contributed by atoms with Gasteiger partial charge in [0.1, 0.15) is 0 Å². The van der Waals surface area contributed by atoms with Crippen molar-refractivity contribution >= 4 is 5.78 Å². The first-order valence-electron chi connectivity index (χ1n) is 6.20. The van der Waals surface area contributed by atoms with Crippen LogP contribution in [-0.4, -0.2) is 36.4 Å². The van der Waals surface area contributed by atoms with Crippen LogP contribution < -0.4 is 5.73 Å².